The zero-order valence-electron chi connectivity index (χ0n) is 13.2. The second-order valence-electron chi connectivity index (χ2n) is 5.55. The first kappa shape index (κ1) is 16.1. The number of benzene rings is 1. The predicted molar refractivity (Wildman–Crippen MR) is 96.8 cm³/mol. The maximum Gasteiger partial charge on any atom is 0.234 e. The van der Waals surface area contributed by atoms with Gasteiger partial charge in [0.2, 0.25) is 5.91 Å². The minimum absolute atomic E-state index is 0.0366. The van der Waals surface area contributed by atoms with Crippen LogP contribution < -0.4 is 5.32 Å². The van der Waals surface area contributed by atoms with Crippen LogP contribution in [0.1, 0.15) is 22.9 Å². The van der Waals surface area contributed by atoms with E-state index in [0.717, 1.165) is 10.5 Å². The number of nitrogens with one attached hydrogen (secondary N) is 1. The Kier molecular flexibility index (Phi) is 5.05. The number of hydrogen-bond acceptors (Lipinski definition) is 5. The van der Waals surface area contributed by atoms with Crippen molar-refractivity contribution in [3.05, 3.63) is 51.7 Å². The Morgan fingerprint density at radius 3 is 2.87 bits per heavy atom. The van der Waals surface area contributed by atoms with Gasteiger partial charge in [0.05, 0.1) is 29.3 Å². The number of para-hydroxylation sites is 1. The van der Waals surface area contributed by atoms with E-state index in [1.807, 2.05) is 54.6 Å². The second kappa shape index (κ2) is 7.21. The number of carbonyl (C=O) groups excluding carboxylic acids is 1. The summed E-state index contributed by atoms with van der Waals surface area (Å²) in [7, 11) is 1.95. The quantitative estimate of drug-likeness (QED) is 0.741. The van der Waals surface area contributed by atoms with Crippen LogP contribution in [0.3, 0.4) is 0 Å². The van der Waals surface area contributed by atoms with Gasteiger partial charge < -0.3 is 5.32 Å². The molecule has 0 aliphatic carbocycles. The molecule has 1 N–H and O–H groups in total. The number of amides is 1. The molecule has 1 aromatic carbocycles. The largest absolute Gasteiger partial charge is 0.348 e. The van der Waals surface area contributed by atoms with E-state index in [0.29, 0.717) is 13.1 Å². The number of rotatable bonds is 6. The van der Waals surface area contributed by atoms with Gasteiger partial charge in [0.15, 0.2) is 0 Å². The SMILES string of the molecule is C[C@H](NC(=O)CN(C)Cc1nc2ccccc2s1)c1cccs1. The van der Waals surface area contributed by atoms with Gasteiger partial charge >= 0.3 is 0 Å². The fraction of sp³-hybridized carbons (Fsp3) is 0.294. The van der Waals surface area contributed by atoms with Crippen LogP contribution in [0.5, 0.6) is 0 Å². The molecule has 2 heterocycles. The van der Waals surface area contributed by atoms with E-state index in [-0.39, 0.29) is 11.9 Å². The third kappa shape index (κ3) is 4.16. The number of fused-ring (bicyclic) bond motifs is 1. The van der Waals surface area contributed by atoms with E-state index in [9.17, 15) is 4.79 Å². The van der Waals surface area contributed by atoms with Crippen LogP contribution >= 0.6 is 22.7 Å². The van der Waals surface area contributed by atoms with Gasteiger partial charge in [-0.25, -0.2) is 4.98 Å². The van der Waals surface area contributed by atoms with Crippen LogP contribution in [0, 0.1) is 0 Å². The fourth-order valence-corrected chi connectivity index (χ4v) is 4.20. The Bertz CT molecular complexity index is 749. The molecular weight excluding hydrogens is 326 g/mol. The van der Waals surface area contributed by atoms with Gasteiger partial charge in [0, 0.05) is 4.88 Å². The molecule has 0 radical (unpaired) electrons. The molecule has 1 atom stereocenters. The van der Waals surface area contributed by atoms with Gasteiger partial charge in [-0.05, 0) is 37.6 Å². The lowest BCUT2D eigenvalue weighted by molar-refractivity contribution is -0.122. The summed E-state index contributed by atoms with van der Waals surface area (Å²) in [4.78, 5) is 19.9. The van der Waals surface area contributed by atoms with Crippen LogP contribution in [0.2, 0.25) is 0 Å². The van der Waals surface area contributed by atoms with E-state index in [4.69, 9.17) is 0 Å². The van der Waals surface area contributed by atoms with Gasteiger partial charge in [-0.3, -0.25) is 9.69 Å². The summed E-state index contributed by atoms with van der Waals surface area (Å²) in [6.45, 7) is 3.06. The van der Waals surface area contributed by atoms with Crippen LogP contribution in [0.25, 0.3) is 10.2 Å². The lowest BCUT2D eigenvalue weighted by Crippen LogP contribution is -2.36. The first-order chi connectivity index (χ1) is 11.1. The minimum atomic E-state index is 0.0366. The number of carbonyl (C=O) groups is 1. The Hall–Kier alpha value is -1.76. The van der Waals surface area contributed by atoms with Crippen LogP contribution in [-0.2, 0) is 11.3 Å². The van der Waals surface area contributed by atoms with Crippen molar-refractivity contribution in [2.24, 2.45) is 0 Å². The van der Waals surface area contributed by atoms with Crippen LogP contribution in [0.15, 0.2) is 41.8 Å². The predicted octanol–water partition coefficient (Wildman–Crippen LogP) is 3.67. The number of thiophene rings is 1. The summed E-state index contributed by atoms with van der Waals surface area (Å²) < 4.78 is 1.19. The molecule has 0 saturated heterocycles. The number of aromatic nitrogens is 1. The first-order valence-electron chi connectivity index (χ1n) is 7.47. The number of likely N-dealkylation sites (N-methyl/N-ethyl adjacent to an activating group) is 1. The van der Waals surface area contributed by atoms with Crippen LogP contribution in [0.4, 0.5) is 0 Å². The smallest absolute Gasteiger partial charge is 0.234 e. The van der Waals surface area contributed by atoms with Crippen molar-refractivity contribution in [1.29, 1.82) is 0 Å². The molecule has 4 nitrogen and oxygen atoms in total. The van der Waals surface area contributed by atoms with E-state index >= 15 is 0 Å². The highest BCUT2D eigenvalue weighted by atomic mass is 32.1. The average Bonchev–Trinajstić information content (AvgIpc) is 3.15. The molecule has 1 amide bonds. The topological polar surface area (TPSA) is 45.2 Å². The third-order valence-corrected chi connectivity index (χ3v) is 5.58. The van der Waals surface area contributed by atoms with Crippen molar-refractivity contribution in [3.63, 3.8) is 0 Å². The van der Waals surface area contributed by atoms with Crippen molar-refractivity contribution >= 4 is 38.8 Å². The Balaban J connectivity index is 1.54. The van der Waals surface area contributed by atoms with Crippen molar-refractivity contribution in [3.8, 4) is 0 Å². The second-order valence-corrected chi connectivity index (χ2v) is 7.65. The van der Waals surface area contributed by atoms with E-state index < -0.39 is 0 Å². The lowest BCUT2D eigenvalue weighted by atomic mass is 10.3. The van der Waals surface area contributed by atoms with Crippen molar-refractivity contribution in [2.75, 3.05) is 13.6 Å². The minimum Gasteiger partial charge on any atom is -0.348 e. The zero-order chi connectivity index (χ0) is 16.2. The molecule has 0 aliphatic heterocycles. The average molecular weight is 345 g/mol. The lowest BCUT2D eigenvalue weighted by Gasteiger charge is -2.17. The summed E-state index contributed by atoms with van der Waals surface area (Å²) in [5.41, 5.74) is 1.02. The van der Waals surface area contributed by atoms with E-state index in [1.165, 1.54) is 9.58 Å². The van der Waals surface area contributed by atoms with E-state index in [2.05, 4.69) is 16.4 Å². The van der Waals surface area contributed by atoms with Crippen molar-refractivity contribution in [2.45, 2.75) is 19.5 Å². The number of hydrogen-bond donors (Lipinski definition) is 1. The molecule has 0 saturated carbocycles. The highest BCUT2D eigenvalue weighted by Gasteiger charge is 2.13. The summed E-state index contributed by atoms with van der Waals surface area (Å²) >= 11 is 3.34. The summed E-state index contributed by atoms with van der Waals surface area (Å²) in [6.07, 6.45) is 0. The molecule has 0 spiro atoms. The van der Waals surface area contributed by atoms with Crippen molar-refractivity contribution < 1.29 is 4.79 Å². The maximum atomic E-state index is 12.2. The molecule has 23 heavy (non-hydrogen) atoms. The molecule has 2 aromatic heterocycles. The molecule has 3 rings (SSSR count). The normalized spacial score (nSPS) is 12.7. The standard InChI is InChI=1S/C17H19N3OS2/c1-12(14-8-5-9-22-14)18-16(21)10-20(2)11-17-19-13-6-3-4-7-15(13)23-17/h3-9,12H,10-11H2,1-2H3,(H,18,21)/t12-/m0/s1. The number of nitrogens with zero attached hydrogens (tertiary/aromatic N) is 2. The molecule has 3 aromatic rings. The van der Waals surface area contributed by atoms with Crippen molar-refractivity contribution in [1.82, 2.24) is 15.2 Å². The summed E-state index contributed by atoms with van der Waals surface area (Å²) in [5.74, 6) is 0.0366. The van der Waals surface area contributed by atoms with Gasteiger partial charge in [0.1, 0.15) is 5.01 Å². The first-order valence-corrected chi connectivity index (χ1v) is 9.17. The highest BCUT2D eigenvalue weighted by molar-refractivity contribution is 7.18. The van der Waals surface area contributed by atoms with E-state index in [1.54, 1.807) is 22.7 Å². The highest BCUT2D eigenvalue weighted by Crippen LogP contribution is 2.22. The summed E-state index contributed by atoms with van der Waals surface area (Å²) in [5, 5.41) is 6.10. The Morgan fingerprint density at radius 1 is 1.30 bits per heavy atom. The third-order valence-electron chi connectivity index (χ3n) is 3.50. The van der Waals surface area contributed by atoms with Crippen LogP contribution in [-0.4, -0.2) is 29.4 Å². The molecule has 0 unspecified atom stereocenters. The molecule has 0 bridgehead atoms. The molecule has 0 fully saturated rings. The summed E-state index contributed by atoms with van der Waals surface area (Å²) in [6, 6.07) is 12.2. The Morgan fingerprint density at radius 2 is 2.13 bits per heavy atom. The Labute approximate surface area is 143 Å². The molecule has 120 valence electrons. The molecular formula is C17H19N3OS2. The zero-order valence-corrected chi connectivity index (χ0v) is 14.8. The molecule has 6 heteroatoms. The molecule has 0 aliphatic rings. The fourth-order valence-electron chi connectivity index (χ4n) is 2.42. The van der Waals surface area contributed by atoms with Gasteiger partial charge in [-0.1, -0.05) is 18.2 Å². The maximum absolute atomic E-state index is 12.2. The number of thiazole rings is 1. The van der Waals surface area contributed by atoms with Gasteiger partial charge in [-0.15, -0.1) is 22.7 Å². The van der Waals surface area contributed by atoms with Gasteiger partial charge in [-0.2, -0.15) is 0 Å². The monoisotopic (exact) mass is 345 g/mol. The van der Waals surface area contributed by atoms with Gasteiger partial charge in [0.25, 0.3) is 0 Å².